The molecule has 0 aliphatic carbocycles. The first-order chi connectivity index (χ1) is 7.66. The van der Waals surface area contributed by atoms with Crippen LogP contribution in [0.5, 0.6) is 0 Å². The van der Waals surface area contributed by atoms with Crippen LogP contribution in [-0.2, 0) is 6.54 Å². The lowest BCUT2D eigenvalue weighted by molar-refractivity contribution is 0.0689. The lowest BCUT2D eigenvalue weighted by Gasteiger charge is -2.02. The van der Waals surface area contributed by atoms with Crippen molar-refractivity contribution in [3.05, 3.63) is 46.2 Å². The minimum Gasteiger partial charge on any atom is -0.476 e. The third kappa shape index (κ3) is 2.27. The largest absolute Gasteiger partial charge is 0.476 e. The number of carbonyl (C=O) groups is 1. The molecule has 0 saturated heterocycles. The maximum absolute atomic E-state index is 10.6. The van der Waals surface area contributed by atoms with Crippen LogP contribution < -0.4 is 0 Å². The van der Waals surface area contributed by atoms with Gasteiger partial charge in [0.05, 0.1) is 12.7 Å². The third-order valence-corrected chi connectivity index (χ3v) is 2.80. The van der Waals surface area contributed by atoms with Crippen LogP contribution in [0, 0.1) is 0 Å². The number of aromatic nitrogens is 3. The number of carboxylic acids is 1. The lowest BCUT2D eigenvalue weighted by atomic mass is 10.2. The van der Waals surface area contributed by atoms with Gasteiger partial charge in [-0.15, -0.1) is 5.10 Å². The van der Waals surface area contributed by atoms with Gasteiger partial charge >= 0.3 is 5.97 Å². The van der Waals surface area contributed by atoms with Crippen molar-refractivity contribution in [2.75, 3.05) is 0 Å². The predicted octanol–water partition coefficient (Wildman–Crippen LogP) is 1.79. The summed E-state index contributed by atoms with van der Waals surface area (Å²) in [6, 6.07) is 7.65. The summed E-state index contributed by atoms with van der Waals surface area (Å²) in [5.41, 5.74) is 0.946. The van der Waals surface area contributed by atoms with Gasteiger partial charge in [-0.2, -0.15) is 9.90 Å². The van der Waals surface area contributed by atoms with Crippen molar-refractivity contribution < 1.29 is 9.90 Å². The molecule has 0 spiro atoms. The average molecular weight is 282 g/mol. The molecule has 0 radical (unpaired) electrons. The van der Waals surface area contributed by atoms with Crippen molar-refractivity contribution in [2.24, 2.45) is 0 Å². The summed E-state index contributed by atoms with van der Waals surface area (Å²) in [4.78, 5) is 12.0. The molecule has 2 aromatic rings. The molecule has 2 rings (SSSR count). The molecule has 0 unspecified atom stereocenters. The zero-order chi connectivity index (χ0) is 11.5. The highest BCUT2D eigenvalue weighted by Gasteiger charge is 2.08. The monoisotopic (exact) mass is 281 g/mol. The lowest BCUT2D eigenvalue weighted by Crippen LogP contribution is -2.06. The van der Waals surface area contributed by atoms with E-state index in [1.807, 2.05) is 24.3 Å². The van der Waals surface area contributed by atoms with Crippen LogP contribution in [0.1, 0.15) is 16.1 Å². The molecule has 0 aliphatic rings. The van der Waals surface area contributed by atoms with Gasteiger partial charge in [0.2, 0.25) is 0 Å². The second-order valence-electron chi connectivity index (χ2n) is 3.16. The fourth-order valence-corrected chi connectivity index (χ4v) is 1.66. The maximum atomic E-state index is 10.6. The van der Waals surface area contributed by atoms with Crippen molar-refractivity contribution in [3.63, 3.8) is 0 Å². The fraction of sp³-hybridized carbons (Fsp3) is 0.100. The Morgan fingerprint density at radius 1 is 1.44 bits per heavy atom. The molecule has 0 amide bonds. The molecule has 0 bridgehead atoms. The number of carboxylic acid groups (broad SMARTS) is 1. The van der Waals surface area contributed by atoms with Crippen molar-refractivity contribution in [1.29, 1.82) is 0 Å². The van der Waals surface area contributed by atoms with E-state index in [4.69, 9.17) is 5.11 Å². The molecule has 0 fully saturated rings. The number of nitrogens with zero attached hydrogens (tertiary/aromatic N) is 3. The Bertz CT molecular complexity index is 524. The van der Waals surface area contributed by atoms with Crippen LogP contribution >= 0.6 is 15.9 Å². The Labute approximate surface area is 99.8 Å². The fourth-order valence-electron chi connectivity index (χ4n) is 1.25. The van der Waals surface area contributed by atoms with Gasteiger partial charge in [0, 0.05) is 4.47 Å². The summed E-state index contributed by atoms with van der Waals surface area (Å²) in [5, 5.41) is 16.4. The van der Waals surface area contributed by atoms with Crippen LogP contribution in [0.15, 0.2) is 34.9 Å². The third-order valence-electron chi connectivity index (χ3n) is 2.03. The van der Waals surface area contributed by atoms with Crippen LogP contribution in [0.3, 0.4) is 0 Å². The van der Waals surface area contributed by atoms with E-state index < -0.39 is 5.97 Å². The number of halogens is 1. The first-order valence-corrected chi connectivity index (χ1v) is 5.33. The number of benzene rings is 1. The zero-order valence-electron chi connectivity index (χ0n) is 8.17. The van der Waals surface area contributed by atoms with E-state index in [-0.39, 0.29) is 5.69 Å². The van der Waals surface area contributed by atoms with E-state index in [1.54, 1.807) is 0 Å². The molecule has 0 aliphatic heterocycles. The molecule has 1 N–H and O–H groups in total. The molecular weight excluding hydrogens is 274 g/mol. The Morgan fingerprint density at radius 2 is 2.19 bits per heavy atom. The average Bonchev–Trinajstić information content (AvgIpc) is 2.70. The highest BCUT2D eigenvalue weighted by atomic mass is 79.9. The molecule has 1 heterocycles. The molecule has 0 saturated carbocycles. The van der Waals surface area contributed by atoms with E-state index in [2.05, 4.69) is 26.1 Å². The van der Waals surface area contributed by atoms with E-state index >= 15 is 0 Å². The Kier molecular flexibility index (Phi) is 3.00. The van der Waals surface area contributed by atoms with Gasteiger partial charge in [0.15, 0.2) is 5.69 Å². The molecule has 0 atom stereocenters. The topological polar surface area (TPSA) is 68.0 Å². The predicted molar refractivity (Wildman–Crippen MR) is 60.2 cm³/mol. The van der Waals surface area contributed by atoms with Gasteiger partial charge < -0.3 is 5.11 Å². The van der Waals surface area contributed by atoms with E-state index in [0.29, 0.717) is 6.54 Å². The van der Waals surface area contributed by atoms with Gasteiger partial charge in [-0.05, 0) is 11.6 Å². The Balaban J connectivity index is 2.21. The summed E-state index contributed by atoms with van der Waals surface area (Å²) in [7, 11) is 0. The van der Waals surface area contributed by atoms with Crippen LogP contribution in [0.2, 0.25) is 0 Å². The molecule has 1 aromatic carbocycles. The smallest absolute Gasteiger partial charge is 0.358 e. The minimum absolute atomic E-state index is 0.0490. The van der Waals surface area contributed by atoms with Crippen molar-refractivity contribution in [3.8, 4) is 0 Å². The summed E-state index contributed by atoms with van der Waals surface area (Å²) in [6.07, 6.45) is 1.24. The summed E-state index contributed by atoms with van der Waals surface area (Å²) >= 11 is 3.40. The second kappa shape index (κ2) is 4.44. The van der Waals surface area contributed by atoms with Gasteiger partial charge in [-0.1, -0.05) is 34.1 Å². The van der Waals surface area contributed by atoms with Gasteiger partial charge in [-0.25, -0.2) is 4.79 Å². The highest BCUT2D eigenvalue weighted by Crippen LogP contribution is 2.16. The van der Waals surface area contributed by atoms with Crippen molar-refractivity contribution >= 4 is 21.9 Å². The zero-order valence-corrected chi connectivity index (χ0v) is 9.75. The van der Waals surface area contributed by atoms with Gasteiger partial charge in [-0.3, -0.25) is 0 Å². The first kappa shape index (κ1) is 10.8. The first-order valence-electron chi connectivity index (χ1n) is 4.53. The highest BCUT2D eigenvalue weighted by molar-refractivity contribution is 9.10. The number of hydrogen-bond acceptors (Lipinski definition) is 3. The molecule has 82 valence electrons. The van der Waals surface area contributed by atoms with Crippen LogP contribution in [0.25, 0.3) is 0 Å². The minimum atomic E-state index is -1.07. The number of rotatable bonds is 3. The summed E-state index contributed by atoms with van der Waals surface area (Å²) < 4.78 is 0.948. The summed E-state index contributed by atoms with van der Waals surface area (Å²) in [5.74, 6) is -1.07. The van der Waals surface area contributed by atoms with Crippen LogP contribution in [-0.4, -0.2) is 26.1 Å². The Hall–Kier alpha value is -1.69. The molecule has 16 heavy (non-hydrogen) atoms. The molecule has 1 aromatic heterocycles. The van der Waals surface area contributed by atoms with Crippen LogP contribution in [0.4, 0.5) is 0 Å². The molecular formula is C10H8BrN3O2. The summed E-state index contributed by atoms with van der Waals surface area (Å²) in [6.45, 7) is 0.439. The van der Waals surface area contributed by atoms with E-state index in [9.17, 15) is 4.79 Å². The standard InChI is InChI=1S/C10H8BrN3O2/c11-8-4-2-1-3-7(8)6-14-12-5-9(13-14)10(15)16/h1-5H,6H2,(H,15,16). The van der Waals surface area contributed by atoms with Crippen molar-refractivity contribution in [2.45, 2.75) is 6.54 Å². The molecule has 5 nitrogen and oxygen atoms in total. The Morgan fingerprint density at radius 3 is 2.81 bits per heavy atom. The van der Waals surface area contributed by atoms with Crippen molar-refractivity contribution in [1.82, 2.24) is 15.0 Å². The SMILES string of the molecule is O=C(O)c1cnn(Cc2ccccc2Br)n1. The molecule has 6 heteroatoms. The van der Waals surface area contributed by atoms with E-state index in [1.165, 1.54) is 11.0 Å². The quantitative estimate of drug-likeness (QED) is 0.931. The second-order valence-corrected chi connectivity index (χ2v) is 4.01. The van der Waals surface area contributed by atoms with Gasteiger partial charge in [0.25, 0.3) is 0 Å². The number of aromatic carboxylic acids is 1. The normalized spacial score (nSPS) is 10.3. The number of hydrogen-bond donors (Lipinski definition) is 1. The van der Waals surface area contributed by atoms with E-state index in [0.717, 1.165) is 10.0 Å². The van der Waals surface area contributed by atoms with Gasteiger partial charge in [0.1, 0.15) is 0 Å². The maximum Gasteiger partial charge on any atom is 0.358 e.